The van der Waals surface area contributed by atoms with E-state index in [0.29, 0.717) is 17.3 Å². The Morgan fingerprint density at radius 1 is 1.53 bits per heavy atom. The Bertz CT molecular complexity index is 357. The molecule has 5 heteroatoms. The standard InChI is InChI=1S/C10H12BrClN2O/c1-2-5-13-10(15)14-9-6-7(12)3-4-8(9)11/h3-4,6H,2,5H2,1H3,(H2,13,14,15). The summed E-state index contributed by atoms with van der Waals surface area (Å²) in [5.74, 6) is 0. The molecule has 3 nitrogen and oxygen atoms in total. The van der Waals surface area contributed by atoms with Crippen LogP contribution in [0.1, 0.15) is 13.3 Å². The number of carbonyl (C=O) groups excluding carboxylic acids is 1. The molecule has 0 bridgehead atoms. The molecule has 2 amide bonds. The smallest absolute Gasteiger partial charge is 0.319 e. The fourth-order valence-electron chi connectivity index (χ4n) is 0.998. The van der Waals surface area contributed by atoms with Gasteiger partial charge in [-0.15, -0.1) is 0 Å². The lowest BCUT2D eigenvalue weighted by Crippen LogP contribution is -2.29. The second-order valence-electron chi connectivity index (χ2n) is 3.01. The third kappa shape index (κ3) is 4.10. The summed E-state index contributed by atoms with van der Waals surface area (Å²) in [5, 5.41) is 6.01. The van der Waals surface area contributed by atoms with Gasteiger partial charge in [-0.05, 0) is 40.5 Å². The number of halogens is 2. The van der Waals surface area contributed by atoms with E-state index in [1.807, 2.05) is 6.92 Å². The van der Waals surface area contributed by atoms with Crippen molar-refractivity contribution >= 4 is 39.2 Å². The van der Waals surface area contributed by atoms with Crippen molar-refractivity contribution in [2.24, 2.45) is 0 Å². The molecule has 0 aliphatic heterocycles. The van der Waals surface area contributed by atoms with E-state index in [-0.39, 0.29) is 6.03 Å². The van der Waals surface area contributed by atoms with Crippen LogP contribution in [-0.4, -0.2) is 12.6 Å². The fraction of sp³-hybridized carbons (Fsp3) is 0.300. The highest BCUT2D eigenvalue weighted by atomic mass is 79.9. The molecule has 0 unspecified atom stereocenters. The van der Waals surface area contributed by atoms with E-state index < -0.39 is 0 Å². The van der Waals surface area contributed by atoms with E-state index in [1.54, 1.807) is 18.2 Å². The number of benzene rings is 1. The quantitative estimate of drug-likeness (QED) is 0.877. The van der Waals surface area contributed by atoms with Crippen molar-refractivity contribution in [2.45, 2.75) is 13.3 Å². The number of urea groups is 1. The maximum absolute atomic E-state index is 11.3. The highest BCUT2D eigenvalue weighted by Crippen LogP contribution is 2.25. The van der Waals surface area contributed by atoms with Crippen LogP contribution in [0.15, 0.2) is 22.7 Å². The normalized spacial score (nSPS) is 9.80. The lowest BCUT2D eigenvalue weighted by Gasteiger charge is -2.08. The van der Waals surface area contributed by atoms with Crippen LogP contribution in [0.4, 0.5) is 10.5 Å². The molecule has 1 aromatic rings. The van der Waals surface area contributed by atoms with Crippen LogP contribution in [-0.2, 0) is 0 Å². The molecular formula is C10H12BrClN2O. The summed E-state index contributed by atoms with van der Waals surface area (Å²) < 4.78 is 0.804. The zero-order chi connectivity index (χ0) is 11.3. The van der Waals surface area contributed by atoms with Crippen molar-refractivity contribution < 1.29 is 4.79 Å². The van der Waals surface area contributed by atoms with Gasteiger partial charge < -0.3 is 10.6 Å². The van der Waals surface area contributed by atoms with Crippen LogP contribution in [0, 0.1) is 0 Å². The summed E-state index contributed by atoms with van der Waals surface area (Å²) in [7, 11) is 0. The van der Waals surface area contributed by atoms with Crippen LogP contribution >= 0.6 is 27.5 Å². The topological polar surface area (TPSA) is 41.1 Å². The minimum atomic E-state index is -0.222. The summed E-state index contributed by atoms with van der Waals surface area (Å²) in [6, 6.07) is 5.01. The van der Waals surface area contributed by atoms with E-state index in [9.17, 15) is 4.79 Å². The number of hydrogen-bond donors (Lipinski definition) is 2. The first-order valence-electron chi connectivity index (χ1n) is 4.63. The number of anilines is 1. The number of hydrogen-bond acceptors (Lipinski definition) is 1. The minimum absolute atomic E-state index is 0.222. The Labute approximate surface area is 102 Å². The molecule has 0 saturated carbocycles. The van der Waals surface area contributed by atoms with E-state index in [0.717, 1.165) is 10.9 Å². The van der Waals surface area contributed by atoms with Crippen LogP contribution in [0.5, 0.6) is 0 Å². The lowest BCUT2D eigenvalue weighted by atomic mass is 10.3. The molecule has 0 spiro atoms. The first kappa shape index (κ1) is 12.3. The van der Waals surface area contributed by atoms with Gasteiger partial charge in [-0.1, -0.05) is 18.5 Å². The van der Waals surface area contributed by atoms with Crippen LogP contribution in [0.2, 0.25) is 5.02 Å². The lowest BCUT2D eigenvalue weighted by molar-refractivity contribution is 0.252. The highest BCUT2D eigenvalue weighted by molar-refractivity contribution is 9.10. The van der Waals surface area contributed by atoms with E-state index >= 15 is 0 Å². The third-order valence-corrected chi connectivity index (χ3v) is 2.64. The van der Waals surface area contributed by atoms with Gasteiger partial charge in [0.25, 0.3) is 0 Å². The summed E-state index contributed by atoms with van der Waals surface area (Å²) in [4.78, 5) is 11.3. The highest BCUT2D eigenvalue weighted by Gasteiger charge is 2.04. The van der Waals surface area contributed by atoms with E-state index in [2.05, 4.69) is 26.6 Å². The van der Waals surface area contributed by atoms with E-state index in [4.69, 9.17) is 11.6 Å². The third-order valence-electron chi connectivity index (χ3n) is 1.71. The molecule has 0 atom stereocenters. The second-order valence-corrected chi connectivity index (χ2v) is 4.30. The van der Waals surface area contributed by atoms with Gasteiger partial charge in [0.1, 0.15) is 0 Å². The van der Waals surface area contributed by atoms with Gasteiger partial charge in [-0.2, -0.15) is 0 Å². The van der Waals surface area contributed by atoms with Crippen LogP contribution < -0.4 is 10.6 Å². The van der Waals surface area contributed by atoms with Crippen LogP contribution in [0.25, 0.3) is 0 Å². The largest absolute Gasteiger partial charge is 0.338 e. The summed E-state index contributed by atoms with van der Waals surface area (Å²) in [6.45, 7) is 2.65. The Balaban J connectivity index is 2.63. The van der Waals surface area contributed by atoms with Gasteiger partial charge in [-0.3, -0.25) is 0 Å². The van der Waals surface area contributed by atoms with Gasteiger partial charge in [0.05, 0.1) is 5.69 Å². The molecular weight excluding hydrogens is 279 g/mol. The van der Waals surface area contributed by atoms with Crippen molar-refractivity contribution in [3.8, 4) is 0 Å². The SMILES string of the molecule is CCCNC(=O)Nc1cc(Cl)ccc1Br. The number of carbonyl (C=O) groups is 1. The first-order valence-corrected chi connectivity index (χ1v) is 5.80. The maximum Gasteiger partial charge on any atom is 0.319 e. The van der Waals surface area contributed by atoms with Gasteiger partial charge in [0, 0.05) is 16.0 Å². The van der Waals surface area contributed by atoms with Crippen molar-refractivity contribution in [3.05, 3.63) is 27.7 Å². The molecule has 0 aromatic heterocycles. The number of rotatable bonds is 3. The molecule has 82 valence electrons. The van der Waals surface area contributed by atoms with E-state index in [1.165, 1.54) is 0 Å². The zero-order valence-electron chi connectivity index (χ0n) is 8.31. The number of amides is 2. The van der Waals surface area contributed by atoms with Crippen molar-refractivity contribution in [2.75, 3.05) is 11.9 Å². The molecule has 0 aliphatic rings. The molecule has 1 rings (SSSR count). The van der Waals surface area contributed by atoms with Crippen LogP contribution in [0.3, 0.4) is 0 Å². The molecule has 15 heavy (non-hydrogen) atoms. The monoisotopic (exact) mass is 290 g/mol. The molecule has 1 aromatic carbocycles. The van der Waals surface area contributed by atoms with Crippen molar-refractivity contribution in [1.82, 2.24) is 5.32 Å². The Hall–Kier alpha value is -0.740. The average Bonchev–Trinajstić information content (AvgIpc) is 2.20. The predicted molar refractivity (Wildman–Crippen MR) is 66.5 cm³/mol. The molecule has 0 fully saturated rings. The fourth-order valence-corrected chi connectivity index (χ4v) is 1.52. The first-order chi connectivity index (χ1) is 7.13. The maximum atomic E-state index is 11.3. The van der Waals surface area contributed by atoms with Gasteiger partial charge >= 0.3 is 6.03 Å². The Morgan fingerprint density at radius 3 is 2.93 bits per heavy atom. The molecule has 0 radical (unpaired) electrons. The summed E-state index contributed by atoms with van der Waals surface area (Å²) >= 11 is 9.14. The molecule has 0 heterocycles. The molecule has 0 aliphatic carbocycles. The molecule has 0 saturated heterocycles. The summed E-state index contributed by atoms with van der Waals surface area (Å²) in [5.41, 5.74) is 0.663. The molecule has 2 N–H and O–H groups in total. The van der Waals surface area contributed by atoms with Crippen molar-refractivity contribution in [3.63, 3.8) is 0 Å². The Morgan fingerprint density at radius 2 is 2.27 bits per heavy atom. The average molecular weight is 292 g/mol. The van der Waals surface area contributed by atoms with Gasteiger partial charge in [0.15, 0.2) is 0 Å². The number of nitrogens with one attached hydrogen (secondary N) is 2. The predicted octanol–water partition coefficient (Wildman–Crippen LogP) is 3.63. The second kappa shape index (κ2) is 5.98. The summed E-state index contributed by atoms with van der Waals surface area (Å²) in [6.07, 6.45) is 0.907. The minimum Gasteiger partial charge on any atom is -0.338 e. The van der Waals surface area contributed by atoms with Gasteiger partial charge in [0.2, 0.25) is 0 Å². The van der Waals surface area contributed by atoms with Crippen molar-refractivity contribution in [1.29, 1.82) is 0 Å². The van der Waals surface area contributed by atoms with Gasteiger partial charge in [-0.25, -0.2) is 4.79 Å². The Kier molecular flexibility index (Phi) is 4.91. The zero-order valence-corrected chi connectivity index (χ0v) is 10.7.